The fourth-order valence-electron chi connectivity index (χ4n) is 2.55. The molecule has 3 heterocycles. The number of ether oxygens (including phenoxy) is 1. The molecule has 0 spiro atoms. The molecule has 3 rings (SSSR count). The highest BCUT2D eigenvalue weighted by molar-refractivity contribution is 5.87. The number of hydrogen-bond donors (Lipinski definition) is 3. The Morgan fingerprint density at radius 2 is 2.13 bits per heavy atom. The number of aromatic nitrogens is 3. The normalized spacial score (nSPS) is 28.0. The summed E-state index contributed by atoms with van der Waals surface area (Å²) >= 11 is 0. The first-order valence-electron chi connectivity index (χ1n) is 7.17. The lowest BCUT2D eigenvalue weighted by Crippen LogP contribution is -2.33. The summed E-state index contributed by atoms with van der Waals surface area (Å²) in [6.45, 7) is -0.374. The molecule has 2 aromatic rings. The van der Waals surface area contributed by atoms with Gasteiger partial charge in [-0.2, -0.15) is 0 Å². The first-order valence-corrected chi connectivity index (χ1v) is 7.17. The van der Waals surface area contributed by atoms with Crippen molar-refractivity contribution < 1.29 is 20.1 Å². The molecular formula is C14H19N5O4. The van der Waals surface area contributed by atoms with E-state index in [4.69, 9.17) is 4.74 Å². The van der Waals surface area contributed by atoms with E-state index in [0.29, 0.717) is 16.9 Å². The standard InChI is InChI=1S/C14H19N5O4/c1-18(2)7-17-12-8-3-4-19(13(8)16-6-15-12)14-11(22)10(21)9(5-20)23-14/h3-4,6-7,9-11,14,20-22H,5H2,1-2H3/b17-7+. The van der Waals surface area contributed by atoms with Crippen LogP contribution in [0, 0.1) is 0 Å². The summed E-state index contributed by atoms with van der Waals surface area (Å²) in [6, 6.07) is 1.77. The van der Waals surface area contributed by atoms with Gasteiger partial charge in [0.1, 0.15) is 30.3 Å². The van der Waals surface area contributed by atoms with E-state index in [2.05, 4.69) is 15.0 Å². The van der Waals surface area contributed by atoms with Crippen molar-refractivity contribution in [2.45, 2.75) is 24.5 Å². The first kappa shape index (κ1) is 15.8. The summed E-state index contributed by atoms with van der Waals surface area (Å²) in [4.78, 5) is 14.4. The summed E-state index contributed by atoms with van der Waals surface area (Å²) in [5.74, 6) is 0.495. The van der Waals surface area contributed by atoms with Crippen molar-refractivity contribution in [3.8, 4) is 0 Å². The second-order valence-corrected chi connectivity index (χ2v) is 5.59. The van der Waals surface area contributed by atoms with Crippen LogP contribution in [-0.4, -0.2) is 80.1 Å². The molecule has 9 heteroatoms. The van der Waals surface area contributed by atoms with Crippen molar-refractivity contribution in [3.63, 3.8) is 0 Å². The lowest BCUT2D eigenvalue weighted by molar-refractivity contribution is -0.0508. The van der Waals surface area contributed by atoms with Crippen molar-refractivity contribution in [1.82, 2.24) is 19.4 Å². The van der Waals surface area contributed by atoms with E-state index in [-0.39, 0.29) is 6.61 Å². The van der Waals surface area contributed by atoms with Crippen LogP contribution in [0.4, 0.5) is 5.82 Å². The number of nitrogens with zero attached hydrogens (tertiary/aromatic N) is 5. The smallest absolute Gasteiger partial charge is 0.166 e. The summed E-state index contributed by atoms with van der Waals surface area (Å²) in [5, 5.41) is 29.9. The van der Waals surface area contributed by atoms with E-state index in [1.54, 1.807) is 28.1 Å². The third kappa shape index (κ3) is 2.79. The van der Waals surface area contributed by atoms with Gasteiger partial charge >= 0.3 is 0 Å². The number of aliphatic hydroxyl groups is 3. The molecule has 124 valence electrons. The zero-order valence-corrected chi connectivity index (χ0v) is 12.8. The second kappa shape index (κ2) is 6.20. The highest BCUT2D eigenvalue weighted by atomic mass is 16.6. The lowest BCUT2D eigenvalue weighted by atomic mass is 10.1. The first-order chi connectivity index (χ1) is 11.0. The van der Waals surface area contributed by atoms with Crippen LogP contribution in [0.3, 0.4) is 0 Å². The molecule has 4 atom stereocenters. The Labute approximate surface area is 132 Å². The summed E-state index contributed by atoms with van der Waals surface area (Å²) in [7, 11) is 3.71. The number of hydrogen-bond acceptors (Lipinski definition) is 7. The van der Waals surface area contributed by atoms with Crippen molar-refractivity contribution in [2.75, 3.05) is 20.7 Å². The van der Waals surface area contributed by atoms with Gasteiger partial charge in [-0.25, -0.2) is 15.0 Å². The zero-order chi connectivity index (χ0) is 16.6. The predicted molar refractivity (Wildman–Crippen MR) is 82.4 cm³/mol. The van der Waals surface area contributed by atoms with Gasteiger partial charge in [0.05, 0.1) is 18.3 Å². The van der Waals surface area contributed by atoms with Gasteiger partial charge in [0.2, 0.25) is 0 Å². The minimum absolute atomic E-state index is 0.374. The van der Waals surface area contributed by atoms with Gasteiger partial charge in [-0.3, -0.25) is 0 Å². The lowest BCUT2D eigenvalue weighted by Gasteiger charge is -2.17. The average molecular weight is 321 g/mol. The molecule has 1 fully saturated rings. The molecule has 23 heavy (non-hydrogen) atoms. The van der Waals surface area contributed by atoms with Gasteiger partial charge in [-0.15, -0.1) is 0 Å². The molecule has 1 aliphatic heterocycles. The van der Waals surface area contributed by atoms with Gasteiger partial charge in [0, 0.05) is 20.3 Å². The van der Waals surface area contributed by atoms with Crippen molar-refractivity contribution in [2.24, 2.45) is 4.99 Å². The van der Waals surface area contributed by atoms with E-state index in [1.807, 2.05) is 14.1 Å². The van der Waals surface area contributed by atoms with E-state index in [9.17, 15) is 15.3 Å². The fraction of sp³-hybridized carbons (Fsp3) is 0.500. The van der Waals surface area contributed by atoms with Crippen molar-refractivity contribution >= 4 is 23.2 Å². The zero-order valence-electron chi connectivity index (χ0n) is 12.8. The summed E-state index contributed by atoms with van der Waals surface area (Å²) in [5.41, 5.74) is 0.528. The van der Waals surface area contributed by atoms with Crippen LogP contribution in [0.5, 0.6) is 0 Å². The van der Waals surface area contributed by atoms with E-state index >= 15 is 0 Å². The predicted octanol–water partition coefficient (Wildman–Crippen LogP) is -0.736. The third-order valence-corrected chi connectivity index (χ3v) is 3.69. The molecule has 1 aliphatic rings. The Balaban J connectivity index is 1.99. The average Bonchev–Trinajstić information content (AvgIpc) is 3.08. The molecule has 0 saturated carbocycles. The van der Waals surface area contributed by atoms with Crippen LogP contribution in [0.25, 0.3) is 11.0 Å². The number of fused-ring (bicyclic) bond motifs is 1. The topological polar surface area (TPSA) is 116 Å². The fourth-order valence-corrected chi connectivity index (χ4v) is 2.55. The number of aliphatic hydroxyl groups excluding tert-OH is 3. The van der Waals surface area contributed by atoms with E-state index < -0.39 is 24.5 Å². The van der Waals surface area contributed by atoms with E-state index in [1.165, 1.54) is 6.33 Å². The molecular weight excluding hydrogens is 302 g/mol. The third-order valence-electron chi connectivity index (χ3n) is 3.69. The van der Waals surface area contributed by atoms with Crippen molar-refractivity contribution in [3.05, 3.63) is 18.6 Å². The van der Waals surface area contributed by atoms with Gasteiger partial charge in [0.25, 0.3) is 0 Å². The minimum Gasteiger partial charge on any atom is -0.394 e. The van der Waals surface area contributed by atoms with Crippen LogP contribution in [-0.2, 0) is 4.74 Å². The SMILES string of the molecule is CN(C)/C=N/c1ncnc2c1ccn2C1OC(CO)C(O)C1O. The Kier molecular flexibility index (Phi) is 4.26. The Hall–Kier alpha value is -2.07. The van der Waals surface area contributed by atoms with Gasteiger partial charge in [-0.1, -0.05) is 0 Å². The van der Waals surface area contributed by atoms with E-state index in [0.717, 1.165) is 0 Å². The largest absolute Gasteiger partial charge is 0.394 e. The molecule has 3 N–H and O–H groups in total. The highest BCUT2D eigenvalue weighted by Crippen LogP contribution is 2.33. The highest BCUT2D eigenvalue weighted by Gasteiger charge is 2.43. The monoisotopic (exact) mass is 321 g/mol. The Morgan fingerprint density at radius 3 is 2.78 bits per heavy atom. The number of rotatable bonds is 4. The molecule has 2 aromatic heterocycles. The van der Waals surface area contributed by atoms with Crippen LogP contribution in [0.2, 0.25) is 0 Å². The molecule has 9 nitrogen and oxygen atoms in total. The second-order valence-electron chi connectivity index (χ2n) is 5.59. The molecule has 0 aliphatic carbocycles. The van der Waals surface area contributed by atoms with Gasteiger partial charge < -0.3 is 29.5 Å². The van der Waals surface area contributed by atoms with Crippen LogP contribution in [0.1, 0.15) is 6.23 Å². The minimum atomic E-state index is -1.16. The molecule has 0 bridgehead atoms. The molecule has 4 unspecified atom stereocenters. The Bertz CT molecular complexity index is 716. The van der Waals surface area contributed by atoms with Crippen molar-refractivity contribution in [1.29, 1.82) is 0 Å². The number of aliphatic imine (C=N–C) groups is 1. The molecule has 0 radical (unpaired) electrons. The maximum absolute atomic E-state index is 10.1. The summed E-state index contributed by atoms with van der Waals surface area (Å²) < 4.78 is 7.14. The van der Waals surface area contributed by atoms with Crippen LogP contribution < -0.4 is 0 Å². The van der Waals surface area contributed by atoms with Crippen LogP contribution >= 0.6 is 0 Å². The summed E-state index contributed by atoms with van der Waals surface area (Å²) in [6.07, 6.45) is 0.713. The quantitative estimate of drug-likeness (QED) is 0.502. The molecule has 0 amide bonds. The maximum Gasteiger partial charge on any atom is 0.166 e. The maximum atomic E-state index is 10.1. The van der Waals surface area contributed by atoms with Crippen LogP contribution in [0.15, 0.2) is 23.6 Å². The Morgan fingerprint density at radius 1 is 1.35 bits per heavy atom. The van der Waals surface area contributed by atoms with Gasteiger partial charge in [0.15, 0.2) is 12.0 Å². The molecule has 0 aromatic carbocycles. The molecule has 1 saturated heterocycles. The van der Waals surface area contributed by atoms with Gasteiger partial charge in [-0.05, 0) is 6.07 Å².